The highest BCUT2D eigenvalue weighted by Gasteiger charge is 2.21. The Morgan fingerprint density at radius 1 is 1.30 bits per heavy atom. The minimum atomic E-state index is -3.53. The summed E-state index contributed by atoms with van der Waals surface area (Å²) < 4.78 is 26.7. The van der Waals surface area contributed by atoms with Crippen molar-refractivity contribution in [3.05, 3.63) is 42.0 Å². The van der Waals surface area contributed by atoms with Gasteiger partial charge in [0.05, 0.1) is 23.3 Å². The van der Waals surface area contributed by atoms with Crippen LogP contribution in [0.15, 0.2) is 35.4 Å². The van der Waals surface area contributed by atoms with Gasteiger partial charge in [-0.25, -0.2) is 13.4 Å². The molecule has 0 aliphatic carbocycles. The Labute approximate surface area is 137 Å². The molecule has 0 bridgehead atoms. The predicted molar refractivity (Wildman–Crippen MR) is 90.4 cm³/mol. The summed E-state index contributed by atoms with van der Waals surface area (Å²) in [6.45, 7) is 4.07. The topological polar surface area (TPSA) is 84.2 Å². The van der Waals surface area contributed by atoms with Gasteiger partial charge in [-0.3, -0.25) is 0 Å². The first kappa shape index (κ1) is 17.5. The third-order valence-electron chi connectivity index (χ3n) is 3.81. The van der Waals surface area contributed by atoms with Crippen molar-refractivity contribution in [2.75, 3.05) is 18.1 Å². The maximum absolute atomic E-state index is 12.4. The molecule has 1 heterocycles. The maximum atomic E-state index is 12.4. The van der Waals surface area contributed by atoms with Crippen molar-refractivity contribution in [2.45, 2.75) is 37.8 Å². The second kappa shape index (κ2) is 7.14. The highest BCUT2D eigenvalue weighted by atomic mass is 32.2. The Morgan fingerprint density at radius 3 is 2.52 bits per heavy atom. The largest absolute Gasteiger partial charge is 0.390 e. The number of aliphatic hydroxyl groups is 1. The molecule has 23 heavy (non-hydrogen) atoms. The van der Waals surface area contributed by atoms with Crippen LogP contribution in [-0.2, 0) is 22.8 Å². The van der Waals surface area contributed by atoms with E-state index in [1.807, 2.05) is 18.4 Å². The van der Waals surface area contributed by atoms with E-state index in [2.05, 4.69) is 10.3 Å². The van der Waals surface area contributed by atoms with Gasteiger partial charge in [0.15, 0.2) is 9.84 Å². The van der Waals surface area contributed by atoms with E-state index in [9.17, 15) is 13.5 Å². The number of rotatable bonds is 7. The monoisotopic (exact) mass is 337 g/mol. The Bertz CT molecular complexity index is 751. The second-order valence-electron chi connectivity index (χ2n) is 5.47. The lowest BCUT2D eigenvalue weighted by atomic mass is 10.3. The molecule has 126 valence electrons. The first-order valence-corrected chi connectivity index (χ1v) is 9.22. The average Bonchev–Trinajstić information content (AvgIpc) is 2.87. The van der Waals surface area contributed by atoms with E-state index < -0.39 is 15.9 Å². The number of nitrogens with zero attached hydrogens (tertiary/aromatic N) is 2. The number of aliphatic hydroxyl groups excluding tert-OH is 1. The Morgan fingerprint density at radius 2 is 1.96 bits per heavy atom. The number of aromatic nitrogens is 2. The predicted octanol–water partition coefficient (Wildman–Crippen LogP) is 1.63. The van der Waals surface area contributed by atoms with Crippen LogP contribution in [0.4, 0.5) is 5.69 Å². The van der Waals surface area contributed by atoms with Gasteiger partial charge in [-0.1, -0.05) is 6.92 Å². The lowest BCUT2D eigenvalue weighted by Crippen LogP contribution is -2.27. The van der Waals surface area contributed by atoms with Gasteiger partial charge in [0.1, 0.15) is 5.82 Å². The van der Waals surface area contributed by atoms with Gasteiger partial charge >= 0.3 is 0 Å². The fraction of sp³-hybridized carbons (Fsp3) is 0.438. The van der Waals surface area contributed by atoms with Crippen LogP contribution in [0.3, 0.4) is 0 Å². The molecule has 7 heteroatoms. The molecule has 2 aromatic rings. The van der Waals surface area contributed by atoms with Crippen molar-refractivity contribution in [1.29, 1.82) is 0 Å². The summed E-state index contributed by atoms with van der Waals surface area (Å²) in [6, 6.07) is 6.50. The van der Waals surface area contributed by atoms with Gasteiger partial charge in [-0.05, 0) is 37.6 Å². The molecule has 0 saturated carbocycles. The first-order chi connectivity index (χ1) is 10.9. The van der Waals surface area contributed by atoms with Crippen LogP contribution in [0.25, 0.3) is 0 Å². The summed E-state index contributed by atoms with van der Waals surface area (Å²) in [4.78, 5) is 4.43. The van der Waals surface area contributed by atoms with Crippen LogP contribution in [0.1, 0.15) is 18.4 Å². The molecule has 0 fully saturated rings. The lowest BCUT2D eigenvalue weighted by molar-refractivity contribution is 0.174. The summed E-state index contributed by atoms with van der Waals surface area (Å²) >= 11 is 0. The van der Waals surface area contributed by atoms with Crippen molar-refractivity contribution in [3.63, 3.8) is 0 Å². The van der Waals surface area contributed by atoms with Crippen LogP contribution in [0.2, 0.25) is 0 Å². The third kappa shape index (κ3) is 4.11. The number of aryl methyl sites for hydroxylation is 2. The van der Waals surface area contributed by atoms with E-state index in [1.165, 1.54) is 0 Å². The fourth-order valence-electron chi connectivity index (χ4n) is 2.49. The number of imidazole rings is 1. The Kier molecular flexibility index (Phi) is 5.43. The van der Waals surface area contributed by atoms with Crippen molar-refractivity contribution in [2.24, 2.45) is 0 Å². The van der Waals surface area contributed by atoms with E-state index in [1.54, 1.807) is 37.5 Å². The minimum Gasteiger partial charge on any atom is -0.390 e. The summed E-state index contributed by atoms with van der Waals surface area (Å²) in [5.74, 6) is 0.462. The van der Waals surface area contributed by atoms with Gasteiger partial charge in [-0.15, -0.1) is 0 Å². The molecular formula is C16H23N3O3S. The van der Waals surface area contributed by atoms with Crippen LogP contribution < -0.4 is 5.32 Å². The number of hydrogen-bond acceptors (Lipinski definition) is 5. The molecule has 0 saturated heterocycles. The molecule has 0 radical (unpaired) electrons. The Balaban J connectivity index is 2.11. The number of anilines is 1. The van der Waals surface area contributed by atoms with E-state index >= 15 is 0 Å². The standard InChI is InChI=1S/C16H23N3O3S/c1-4-14-9-18-12(2)19(14)10-15(20)11-23(21,22)16-7-5-13(17-3)6-8-16/h5-9,15,17,20H,4,10-11H2,1-3H3. The zero-order chi connectivity index (χ0) is 17.0. The number of hydrogen-bond donors (Lipinski definition) is 2. The minimum absolute atomic E-state index is 0.216. The molecule has 2 N–H and O–H groups in total. The van der Waals surface area contributed by atoms with Crippen molar-refractivity contribution < 1.29 is 13.5 Å². The van der Waals surface area contributed by atoms with E-state index in [0.29, 0.717) is 0 Å². The van der Waals surface area contributed by atoms with Crippen LogP contribution in [-0.4, -0.2) is 42.0 Å². The fourth-order valence-corrected chi connectivity index (χ4v) is 3.84. The quantitative estimate of drug-likeness (QED) is 0.802. The van der Waals surface area contributed by atoms with Crippen molar-refractivity contribution >= 4 is 15.5 Å². The molecule has 0 aliphatic heterocycles. The van der Waals surface area contributed by atoms with E-state index in [-0.39, 0.29) is 17.2 Å². The zero-order valence-electron chi connectivity index (χ0n) is 13.7. The van der Waals surface area contributed by atoms with Crippen LogP contribution >= 0.6 is 0 Å². The maximum Gasteiger partial charge on any atom is 0.180 e. The van der Waals surface area contributed by atoms with Gasteiger partial charge in [0.25, 0.3) is 0 Å². The summed E-state index contributed by atoms with van der Waals surface area (Å²) in [6.07, 6.45) is 1.56. The first-order valence-electron chi connectivity index (χ1n) is 7.57. The molecule has 1 aromatic heterocycles. The summed E-state index contributed by atoms with van der Waals surface area (Å²) in [5, 5.41) is 13.2. The lowest BCUT2D eigenvalue weighted by Gasteiger charge is -2.15. The molecular weight excluding hydrogens is 314 g/mol. The van der Waals surface area contributed by atoms with Gasteiger partial charge in [0.2, 0.25) is 0 Å². The highest BCUT2D eigenvalue weighted by molar-refractivity contribution is 7.91. The van der Waals surface area contributed by atoms with Gasteiger partial charge < -0.3 is 15.0 Å². The number of benzene rings is 1. The van der Waals surface area contributed by atoms with Crippen LogP contribution in [0.5, 0.6) is 0 Å². The molecule has 1 atom stereocenters. The second-order valence-corrected chi connectivity index (χ2v) is 7.50. The van der Waals surface area contributed by atoms with E-state index in [4.69, 9.17) is 0 Å². The molecule has 2 rings (SSSR count). The zero-order valence-corrected chi connectivity index (χ0v) is 14.5. The molecule has 0 amide bonds. The SMILES string of the molecule is CCc1cnc(C)n1CC(O)CS(=O)(=O)c1ccc(NC)cc1. The average molecular weight is 337 g/mol. The smallest absolute Gasteiger partial charge is 0.180 e. The molecule has 0 aliphatic rings. The summed E-state index contributed by atoms with van der Waals surface area (Å²) in [7, 11) is -1.76. The van der Waals surface area contributed by atoms with E-state index in [0.717, 1.165) is 23.6 Å². The number of nitrogens with one attached hydrogen (secondary N) is 1. The molecule has 0 spiro atoms. The number of sulfone groups is 1. The van der Waals surface area contributed by atoms with Gasteiger partial charge in [0, 0.05) is 24.6 Å². The molecule has 1 aromatic carbocycles. The third-order valence-corrected chi connectivity index (χ3v) is 5.62. The summed E-state index contributed by atoms with van der Waals surface area (Å²) in [5.41, 5.74) is 1.82. The molecule has 1 unspecified atom stereocenters. The molecule has 6 nitrogen and oxygen atoms in total. The Hall–Kier alpha value is -1.86. The van der Waals surface area contributed by atoms with Crippen molar-refractivity contribution in [1.82, 2.24) is 9.55 Å². The van der Waals surface area contributed by atoms with Gasteiger partial charge in [-0.2, -0.15) is 0 Å². The van der Waals surface area contributed by atoms with Crippen LogP contribution in [0, 0.1) is 6.92 Å². The van der Waals surface area contributed by atoms with Crippen molar-refractivity contribution in [3.8, 4) is 0 Å². The normalized spacial score (nSPS) is 13.0. The highest BCUT2D eigenvalue weighted by Crippen LogP contribution is 2.17.